The van der Waals surface area contributed by atoms with Crippen LogP contribution in [0.1, 0.15) is 13.8 Å². The summed E-state index contributed by atoms with van der Waals surface area (Å²) in [5, 5.41) is 6.57. The highest BCUT2D eigenvalue weighted by molar-refractivity contribution is 7.99. The van der Waals surface area contributed by atoms with Crippen molar-refractivity contribution < 1.29 is 14.4 Å². The first kappa shape index (κ1) is 17.6. The van der Waals surface area contributed by atoms with E-state index in [0.717, 1.165) is 10.2 Å². The van der Waals surface area contributed by atoms with Crippen LogP contribution in [-0.4, -0.2) is 41.4 Å². The summed E-state index contributed by atoms with van der Waals surface area (Å²) in [5.41, 5.74) is 1.34. The first-order valence-electron chi connectivity index (χ1n) is 6.87. The molecule has 0 fully saturated rings. The van der Waals surface area contributed by atoms with Crippen molar-refractivity contribution in [2.45, 2.75) is 24.8 Å². The molecule has 23 heavy (non-hydrogen) atoms. The molecule has 0 aliphatic rings. The molecule has 124 valence electrons. The lowest BCUT2D eigenvalue weighted by molar-refractivity contribution is -0.125. The number of rotatable bonds is 7. The van der Waals surface area contributed by atoms with Crippen LogP contribution in [0, 0.1) is 0 Å². The summed E-state index contributed by atoms with van der Waals surface area (Å²) in [6, 6.07) is 5.61. The molecule has 0 aliphatic carbocycles. The maximum atomic E-state index is 12.4. The predicted octanol–water partition coefficient (Wildman–Crippen LogP) is 2.89. The number of thioether (sulfide) groups is 1. The van der Waals surface area contributed by atoms with Crippen molar-refractivity contribution in [3.05, 3.63) is 23.7 Å². The minimum atomic E-state index is -0.665. The molecule has 1 heterocycles. The molecule has 0 saturated heterocycles. The monoisotopic (exact) mass is 353 g/mol. The lowest BCUT2D eigenvalue weighted by Crippen LogP contribution is -2.49. The summed E-state index contributed by atoms with van der Waals surface area (Å²) >= 11 is 2.88. The van der Waals surface area contributed by atoms with Gasteiger partial charge in [-0.1, -0.05) is 5.16 Å². The van der Waals surface area contributed by atoms with Crippen molar-refractivity contribution in [2.75, 3.05) is 13.4 Å². The van der Waals surface area contributed by atoms with E-state index >= 15 is 0 Å². The van der Waals surface area contributed by atoms with Crippen molar-refractivity contribution in [2.24, 2.45) is 5.16 Å². The Hall–Kier alpha value is -1.80. The smallest absolute Gasteiger partial charge is 0.272 e. The molecule has 0 bridgehead atoms. The Morgan fingerprint density at radius 2 is 2.30 bits per heavy atom. The van der Waals surface area contributed by atoms with Crippen LogP contribution < -0.4 is 10.1 Å². The van der Waals surface area contributed by atoms with Gasteiger partial charge in [-0.3, -0.25) is 4.79 Å². The summed E-state index contributed by atoms with van der Waals surface area (Å²) in [5.74, 6) is 0.379. The highest BCUT2D eigenvalue weighted by Crippen LogP contribution is 2.25. The van der Waals surface area contributed by atoms with Crippen LogP contribution in [0.4, 0.5) is 0 Å². The molecule has 1 N–H and O–H groups in total. The third-order valence-corrected chi connectivity index (χ3v) is 4.45. The van der Waals surface area contributed by atoms with E-state index in [1.165, 1.54) is 25.1 Å². The number of nitrogens with one attached hydrogen (secondary N) is 1. The molecule has 1 aromatic carbocycles. The van der Waals surface area contributed by atoms with Gasteiger partial charge in [-0.15, -0.1) is 23.1 Å². The van der Waals surface area contributed by atoms with Gasteiger partial charge in [-0.25, -0.2) is 4.98 Å². The minimum Gasteiger partial charge on any atom is -0.470 e. The molecule has 0 aliphatic heterocycles. The lowest BCUT2D eigenvalue weighted by Gasteiger charge is -2.24. The minimum absolute atomic E-state index is 0.233. The molecule has 0 spiro atoms. The number of oxime groups is 1. The standard InChI is InChI=1S/C15H19N3O3S2/c1-15(2,8-17-20-3)18-13(19)14(22-4)21-10-5-6-12-11(7-10)16-9-23-12/h5-9,14H,1-4H3,(H,18,19). The van der Waals surface area contributed by atoms with E-state index in [1.807, 2.05) is 38.3 Å². The average molecular weight is 353 g/mol. The Bertz CT molecular complexity index is 700. The third kappa shape index (κ3) is 4.84. The Morgan fingerprint density at radius 1 is 1.52 bits per heavy atom. The van der Waals surface area contributed by atoms with E-state index < -0.39 is 11.0 Å². The van der Waals surface area contributed by atoms with Crippen LogP contribution >= 0.6 is 23.1 Å². The van der Waals surface area contributed by atoms with Crippen LogP contribution in [0.3, 0.4) is 0 Å². The van der Waals surface area contributed by atoms with Gasteiger partial charge in [0.05, 0.1) is 27.5 Å². The molecule has 0 radical (unpaired) electrons. The SMILES string of the molecule is CON=CC(C)(C)NC(=O)C(Oc1ccc2scnc2c1)SC. The number of aromatic nitrogens is 1. The summed E-state index contributed by atoms with van der Waals surface area (Å²) in [4.78, 5) is 21.3. The molecule has 1 aromatic heterocycles. The van der Waals surface area contributed by atoms with Gasteiger partial charge in [0, 0.05) is 6.07 Å². The molecule has 2 rings (SSSR count). The van der Waals surface area contributed by atoms with Crippen molar-refractivity contribution in [1.29, 1.82) is 0 Å². The first-order valence-corrected chi connectivity index (χ1v) is 9.04. The number of fused-ring (bicyclic) bond motifs is 1. The largest absolute Gasteiger partial charge is 0.470 e. The number of carbonyl (C=O) groups excluding carboxylic acids is 1. The number of amides is 1. The van der Waals surface area contributed by atoms with E-state index in [1.54, 1.807) is 16.8 Å². The summed E-state index contributed by atoms with van der Waals surface area (Å²) in [6.07, 6.45) is 3.35. The highest BCUT2D eigenvalue weighted by atomic mass is 32.2. The van der Waals surface area contributed by atoms with E-state index in [0.29, 0.717) is 5.75 Å². The molecule has 1 amide bonds. The number of thiazole rings is 1. The third-order valence-electron chi connectivity index (χ3n) is 2.90. The molecule has 2 aromatic rings. The molecule has 8 heteroatoms. The van der Waals surface area contributed by atoms with Crippen molar-refractivity contribution >= 4 is 45.4 Å². The normalized spacial score (nSPS) is 13.2. The van der Waals surface area contributed by atoms with E-state index in [4.69, 9.17) is 4.74 Å². The number of ether oxygens (including phenoxy) is 1. The lowest BCUT2D eigenvalue weighted by atomic mass is 10.1. The van der Waals surface area contributed by atoms with Crippen molar-refractivity contribution in [3.8, 4) is 5.75 Å². The van der Waals surface area contributed by atoms with Crippen LogP contribution in [0.15, 0.2) is 28.9 Å². The predicted molar refractivity (Wildman–Crippen MR) is 95.3 cm³/mol. The Morgan fingerprint density at radius 3 is 3.00 bits per heavy atom. The fourth-order valence-electron chi connectivity index (χ4n) is 1.84. The molecule has 0 saturated carbocycles. The Labute approximate surface area is 143 Å². The molecular weight excluding hydrogens is 334 g/mol. The second kappa shape index (κ2) is 7.65. The maximum absolute atomic E-state index is 12.4. The number of hydrogen-bond donors (Lipinski definition) is 1. The van der Waals surface area contributed by atoms with Gasteiger partial charge in [-0.2, -0.15) is 0 Å². The molecular formula is C15H19N3O3S2. The number of benzene rings is 1. The van der Waals surface area contributed by atoms with E-state index in [-0.39, 0.29) is 5.91 Å². The van der Waals surface area contributed by atoms with Gasteiger partial charge in [0.1, 0.15) is 12.9 Å². The van der Waals surface area contributed by atoms with Crippen LogP contribution in [0.25, 0.3) is 10.2 Å². The van der Waals surface area contributed by atoms with Gasteiger partial charge in [0.15, 0.2) is 0 Å². The maximum Gasteiger partial charge on any atom is 0.272 e. The van der Waals surface area contributed by atoms with Crippen molar-refractivity contribution in [1.82, 2.24) is 10.3 Å². The van der Waals surface area contributed by atoms with Gasteiger partial charge in [0.2, 0.25) is 5.44 Å². The Balaban J connectivity index is 2.06. The van der Waals surface area contributed by atoms with Crippen molar-refractivity contribution in [3.63, 3.8) is 0 Å². The topological polar surface area (TPSA) is 72.8 Å². The van der Waals surface area contributed by atoms with Gasteiger partial charge >= 0.3 is 0 Å². The zero-order valence-electron chi connectivity index (χ0n) is 13.4. The second-order valence-electron chi connectivity index (χ2n) is 5.30. The number of carbonyl (C=O) groups is 1. The zero-order valence-corrected chi connectivity index (χ0v) is 15.0. The Kier molecular flexibility index (Phi) is 5.84. The number of nitrogens with zero attached hydrogens (tertiary/aromatic N) is 2. The summed E-state index contributed by atoms with van der Waals surface area (Å²) in [7, 11) is 1.46. The molecule has 1 atom stereocenters. The van der Waals surface area contributed by atoms with E-state index in [2.05, 4.69) is 20.3 Å². The van der Waals surface area contributed by atoms with E-state index in [9.17, 15) is 4.79 Å². The van der Waals surface area contributed by atoms with Crippen LogP contribution in [0.5, 0.6) is 5.75 Å². The quantitative estimate of drug-likeness (QED) is 0.471. The van der Waals surface area contributed by atoms with Gasteiger partial charge in [-0.05, 0) is 32.2 Å². The molecule has 6 nitrogen and oxygen atoms in total. The van der Waals surface area contributed by atoms with Crippen LogP contribution in [0.2, 0.25) is 0 Å². The number of hydrogen-bond acceptors (Lipinski definition) is 7. The van der Waals surface area contributed by atoms with Gasteiger partial charge in [0.25, 0.3) is 5.91 Å². The summed E-state index contributed by atoms with van der Waals surface area (Å²) in [6.45, 7) is 3.65. The summed E-state index contributed by atoms with van der Waals surface area (Å²) < 4.78 is 6.88. The fraction of sp³-hybridized carbons (Fsp3) is 0.400. The molecule has 1 unspecified atom stereocenters. The van der Waals surface area contributed by atoms with Gasteiger partial charge < -0.3 is 14.9 Å². The highest BCUT2D eigenvalue weighted by Gasteiger charge is 2.26. The average Bonchev–Trinajstić information content (AvgIpc) is 2.97. The van der Waals surface area contributed by atoms with Crippen LogP contribution in [-0.2, 0) is 9.63 Å². The second-order valence-corrected chi connectivity index (χ2v) is 7.08. The zero-order chi connectivity index (χ0) is 16.9. The fourth-order valence-corrected chi connectivity index (χ4v) is 2.98. The first-order chi connectivity index (χ1) is 10.9.